The third kappa shape index (κ3) is 4.73. The number of carbonyl (C=O) groups excluding carboxylic acids is 1. The average Bonchev–Trinajstić information content (AvgIpc) is 2.64. The van der Waals surface area contributed by atoms with Crippen LogP contribution in [0.15, 0.2) is 52.6 Å². The zero-order valence-corrected chi connectivity index (χ0v) is 14.6. The van der Waals surface area contributed by atoms with Crippen LogP contribution >= 0.6 is 11.8 Å². The van der Waals surface area contributed by atoms with E-state index < -0.39 is 0 Å². The van der Waals surface area contributed by atoms with E-state index in [1.54, 1.807) is 18.8 Å². The summed E-state index contributed by atoms with van der Waals surface area (Å²) in [4.78, 5) is 22.5. The molecule has 0 aliphatic rings. The highest BCUT2D eigenvalue weighted by Crippen LogP contribution is 2.22. The quantitative estimate of drug-likeness (QED) is 0.438. The van der Waals surface area contributed by atoms with E-state index in [4.69, 9.17) is 4.74 Å². The van der Waals surface area contributed by atoms with Gasteiger partial charge in [-0.15, -0.1) is 11.8 Å². The number of ether oxygens (including phenoxy) is 1. The molecule has 0 aliphatic heterocycles. The van der Waals surface area contributed by atoms with Gasteiger partial charge in [-0.3, -0.25) is 4.79 Å². The minimum absolute atomic E-state index is 0.285. The smallest absolute Gasteiger partial charge is 0.272 e. The fourth-order valence-electron chi connectivity index (χ4n) is 2.00. The fraction of sp³-hybridized carbons (Fsp3) is 0.235. The van der Waals surface area contributed by atoms with Crippen molar-refractivity contribution in [1.82, 2.24) is 4.98 Å². The largest absolute Gasteiger partial charge is 0.473 e. The van der Waals surface area contributed by atoms with Gasteiger partial charge in [0, 0.05) is 18.7 Å². The van der Waals surface area contributed by atoms with Gasteiger partial charge in [-0.2, -0.15) is 0 Å². The molecule has 0 unspecified atom stereocenters. The zero-order chi connectivity index (χ0) is 17.4. The standard InChI is InChI=1S/C17H19N3O3S/c1-20(17(21)11-18-22-2)14-8-5-4-7-13(14)12-23-15-9-6-10-16(19-15)24-3/h4-11H,12H2,1-3H3. The number of hydrogen-bond acceptors (Lipinski definition) is 6. The maximum Gasteiger partial charge on any atom is 0.272 e. The van der Waals surface area contributed by atoms with Gasteiger partial charge in [0.25, 0.3) is 5.91 Å². The Morgan fingerprint density at radius 1 is 1.29 bits per heavy atom. The van der Waals surface area contributed by atoms with Gasteiger partial charge in [0.2, 0.25) is 5.88 Å². The van der Waals surface area contributed by atoms with Crippen LogP contribution in [-0.4, -0.2) is 37.5 Å². The van der Waals surface area contributed by atoms with Crippen molar-refractivity contribution in [3.8, 4) is 5.88 Å². The summed E-state index contributed by atoms with van der Waals surface area (Å²) in [7, 11) is 3.07. The minimum Gasteiger partial charge on any atom is -0.473 e. The first-order valence-corrected chi connectivity index (χ1v) is 8.44. The second kappa shape index (κ2) is 8.93. The Labute approximate surface area is 145 Å². The summed E-state index contributed by atoms with van der Waals surface area (Å²) >= 11 is 1.55. The molecule has 0 aliphatic carbocycles. The van der Waals surface area contributed by atoms with Crippen LogP contribution in [0.5, 0.6) is 5.88 Å². The zero-order valence-electron chi connectivity index (χ0n) is 13.8. The molecule has 0 N–H and O–H groups in total. The van der Waals surface area contributed by atoms with Crippen LogP contribution < -0.4 is 9.64 Å². The maximum absolute atomic E-state index is 12.1. The van der Waals surface area contributed by atoms with E-state index >= 15 is 0 Å². The second-order valence-corrected chi connectivity index (χ2v) is 5.58. The Morgan fingerprint density at radius 2 is 2.08 bits per heavy atom. The lowest BCUT2D eigenvalue weighted by Crippen LogP contribution is -2.28. The number of carbonyl (C=O) groups is 1. The topological polar surface area (TPSA) is 64.0 Å². The van der Waals surface area contributed by atoms with Crippen molar-refractivity contribution in [2.75, 3.05) is 25.3 Å². The molecule has 1 heterocycles. The molecule has 1 amide bonds. The summed E-state index contributed by atoms with van der Waals surface area (Å²) in [5.74, 6) is 0.262. The third-order valence-electron chi connectivity index (χ3n) is 3.23. The summed E-state index contributed by atoms with van der Waals surface area (Å²) in [6, 6.07) is 13.2. The number of nitrogens with zero attached hydrogens (tertiary/aromatic N) is 3. The van der Waals surface area contributed by atoms with E-state index in [2.05, 4.69) is 15.0 Å². The number of rotatable bonds is 7. The van der Waals surface area contributed by atoms with E-state index in [9.17, 15) is 4.79 Å². The van der Waals surface area contributed by atoms with Crippen LogP contribution in [0.3, 0.4) is 0 Å². The molecule has 0 radical (unpaired) electrons. The highest BCUT2D eigenvalue weighted by molar-refractivity contribution is 7.98. The van der Waals surface area contributed by atoms with Crippen molar-refractivity contribution in [2.45, 2.75) is 11.6 Å². The number of aromatic nitrogens is 1. The molecule has 0 saturated heterocycles. The van der Waals surface area contributed by atoms with Crippen LogP contribution in [-0.2, 0) is 16.2 Å². The number of anilines is 1. The SMILES string of the molecule is CON=CC(=O)N(C)c1ccccc1COc1cccc(SC)n1. The van der Waals surface area contributed by atoms with Crippen molar-refractivity contribution in [2.24, 2.45) is 5.16 Å². The molecule has 0 fully saturated rings. The average molecular weight is 345 g/mol. The molecule has 7 heteroatoms. The summed E-state index contributed by atoms with van der Waals surface area (Å²) in [5, 5.41) is 4.39. The van der Waals surface area contributed by atoms with Crippen LogP contribution in [0.1, 0.15) is 5.56 Å². The first-order valence-electron chi connectivity index (χ1n) is 7.21. The van der Waals surface area contributed by atoms with Crippen LogP contribution in [0, 0.1) is 0 Å². The van der Waals surface area contributed by atoms with Gasteiger partial charge in [-0.05, 0) is 18.4 Å². The second-order valence-electron chi connectivity index (χ2n) is 4.75. The highest BCUT2D eigenvalue weighted by atomic mass is 32.2. The van der Waals surface area contributed by atoms with Crippen LogP contribution in [0.25, 0.3) is 0 Å². The Bertz CT molecular complexity index is 722. The van der Waals surface area contributed by atoms with Gasteiger partial charge >= 0.3 is 0 Å². The summed E-state index contributed by atoms with van der Waals surface area (Å²) in [6.45, 7) is 0.306. The molecule has 0 atom stereocenters. The lowest BCUT2D eigenvalue weighted by molar-refractivity contribution is -0.112. The molecular formula is C17H19N3O3S. The van der Waals surface area contributed by atoms with E-state index in [1.807, 2.05) is 48.7 Å². The number of amides is 1. The number of hydrogen-bond donors (Lipinski definition) is 0. The van der Waals surface area contributed by atoms with Crippen molar-refractivity contribution in [1.29, 1.82) is 0 Å². The van der Waals surface area contributed by atoms with Crippen molar-refractivity contribution < 1.29 is 14.4 Å². The molecule has 2 aromatic rings. The normalized spacial score (nSPS) is 10.6. The molecule has 6 nitrogen and oxygen atoms in total. The van der Waals surface area contributed by atoms with Gasteiger partial charge in [0.1, 0.15) is 19.9 Å². The van der Waals surface area contributed by atoms with Gasteiger partial charge in [0.05, 0.1) is 10.7 Å². The lowest BCUT2D eigenvalue weighted by atomic mass is 10.1. The van der Waals surface area contributed by atoms with E-state index in [1.165, 1.54) is 12.0 Å². The lowest BCUT2D eigenvalue weighted by Gasteiger charge is -2.19. The maximum atomic E-state index is 12.1. The Hall–Kier alpha value is -2.54. The predicted octanol–water partition coefficient (Wildman–Crippen LogP) is 2.98. The number of thioether (sulfide) groups is 1. The molecule has 2 rings (SSSR count). The molecule has 1 aromatic carbocycles. The molecule has 126 valence electrons. The highest BCUT2D eigenvalue weighted by Gasteiger charge is 2.13. The van der Waals surface area contributed by atoms with Crippen LogP contribution in [0.2, 0.25) is 0 Å². The molecule has 24 heavy (non-hydrogen) atoms. The van der Waals surface area contributed by atoms with E-state index in [-0.39, 0.29) is 5.91 Å². The molecular weight excluding hydrogens is 326 g/mol. The predicted molar refractivity (Wildman–Crippen MR) is 95.7 cm³/mol. The number of para-hydroxylation sites is 1. The molecule has 0 saturated carbocycles. The summed E-state index contributed by atoms with van der Waals surface area (Å²) < 4.78 is 5.77. The Kier molecular flexibility index (Phi) is 6.62. The fourth-order valence-corrected chi connectivity index (χ4v) is 2.40. The number of benzene rings is 1. The van der Waals surface area contributed by atoms with E-state index in [0.717, 1.165) is 22.5 Å². The van der Waals surface area contributed by atoms with Gasteiger partial charge in [-0.25, -0.2) is 4.98 Å². The molecule has 1 aromatic heterocycles. The van der Waals surface area contributed by atoms with Crippen LogP contribution in [0.4, 0.5) is 5.69 Å². The first kappa shape index (κ1) is 17.8. The minimum atomic E-state index is -0.285. The van der Waals surface area contributed by atoms with Gasteiger partial charge in [0.15, 0.2) is 0 Å². The van der Waals surface area contributed by atoms with Crippen molar-refractivity contribution >= 4 is 29.6 Å². The monoisotopic (exact) mass is 345 g/mol. The Morgan fingerprint density at radius 3 is 2.83 bits per heavy atom. The van der Waals surface area contributed by atoms with E-state index in [0.29, 0.717) is 12.5 Å². The third-order valence-corrected chi connectivity index (χ3v) is 3.88. The van der Waals surface area contributed by atoms with Crippen molar-refractivity contribution in [3.63, 3.8) is 0 Å². The molecule has 0 bridgehead atoms. The first-order chi connectivity index (χ1) is 11.7. The Balaban J connectivity index is 2.13. The molecule has 0 spiro atoms. The number of oxime groups is 1. The number of pyridine rings is 1. The van der Waals surface area contributed by atoms with Crippen molar-refractivity contribution in [3.05, 3.63) is 48.0 Å². The van der Waals surface area contributed by atoms with Gasteiger partial charge < -0.3 is 14.5 Å². The van der Waals surface area contributed by atoms with Gasteiger partial charge in [-0.1, -0.05) is 29.4 Å². The summed E-state index contributed by atoms with van der Waals surface area (Å²) in [6.07, 6.45) is 3.09. The summed E-state index contributed by atoms with van der Waals surface area (Å²) in [5.41, 5.74) is 1.61.